The Balaban J connectivity index is 3.42. The first-order valence-electron chi connectivity index (χ1n) is 8.07. The smallest absolute Gasteiger partial charge is 0.413 e. The number of methoxy groups -OCH3 is 2. The van der Waals surface area contributed by atoms with Crippen LogP contribution in [0.2, 0.25) is 0 Å². The summed E-state index contributed by atoms with van der Waals surface area (Å²) in [5.41, 5.74) is -2.94. The molecule has 1 fully saturated rings. The van der Waals surface area contributed by atoms with E-state index in [2.05, 4.69) is 0 Å². The topological polar surface area (TPSA) is 91.4 Å². The maximum atomic E-state index is 12.9. The van der Waals surface area contributed by atoms with Crippen molar-refractivity contribution in [1.29, 1.82) is 0 Å². The summed E-state index contributed by atoms with van der Waals surface area (Å²) in [6, 6.07) is 0. The molecule has 0 aliphatic carbocycles. The van der Waals surface area contributed by atoms with Crippen molar-refractivity contribution < 1.29 is 33.3 Å². The first kappa shape index (κ1) is 21.2. The maximum absolute atomic E-state index is 12.9. The van der Waals surface area contributed by atoms with E-state index >= 15 is 0 Å². The molecule has 1 aliphatic rings. The van der Waals surface area contributed by atoms with E-state index in [4.69, 9.17) is 18.9 Å². The van der Waals surface area contributed by atoms with Gasteiger partial charge in [-0.1, -0.05) is 20.8 Å². The number of ether oxygens (including phenoxy) is 4. The molecule has 2 atom stereocenters. The van der Waals surface area contributed by atoms with Gasteiger partial charge in [0.1, 0.15) is 11.8 Å². The molecule has 144 valence electrons. The minimum absolute atomic E-state index is 0.185. The van der Waals surface area contributed by atoms with Crippen LogP contribution in [0.5, 0.6) is 0 Å². The molecular weight excluding hydrogens is 330 g/mol. The van der Waals surface area contributed by atoms with E-state index in [1.54, 1.807) is 20.8 Å². The summed E-state index contributed by atoms with van der Waals surface area (Å²) in [5, 5.41) is 0. The summed E-state index contributed by atoms with van der Waals surface area (Å²) < 4.78 is 20.8. The third kappa shape index (κ3) is 4.62. The van der Waals surface area contributed by atoms with Gasteiger partial charge in [0.2, 0.25) is 0 Å². The number of nitrogens with zero attached hydrogens (tertiary/aromatic N) is 1. The van der Waals surface area contributed by atoms with Gasteiger partial charge in [0, 0.05) is 5.41 Å². The molecule has 0 spiro atoms. The Kier molecular flexibility index (Phi) is 6.10. The lowest BCUT2D eigenvalue weighted by Gasteiger charge is -2.40. The van der Waals surface area contributed by atoms with Crippen LogP contribution < -0.4 is 0 Å². The summed E-state index contributed by atoms with van der Waals surface area (Å²) in [6.45, 7) is 10.5. The summed E-state index contributed by atoms with van der Waals surface area (Å²) in [4.78, 5) is 38.6. The monoisotopic (exact) mass is 359 g/mol. The molecule has 8 nitrogen and oxygen atoms in total. The Morgan fingerprint density at radius 2 is 1.64 bits per heavy atom. The van der Waals surface area contributed by atoms with Crippen molar-refractivity contribution >= 4 is 18.0 Å². The van der Waals surface area contributed by atoms with E-state index in [0.29, 0.717) is 0 Å². The standard InChI is InChI=1S/C17H29NO7/c1-15(2,3)12-18(14(21)25-16(4,5)6)17(10-24-12,13(20)23-8)9-11(19)22-7/h12H,9-10H2,1-8H3/t12-,17+/m1/s1. The largest absolute Gasteiger partial charge is 0.469 e. The summed E-state index contributed by atoms with van der Waals surface area (Å²) >= 11 is 0. The highest BCUT2D eigenvalue weighted by Gasteiger charge is 2.61. The van der Waals surface area contributed by atoms with Crippen molar-refractivity contribution in [1.82, 2.24) is 4.90 Å². The van der Waals surface area contributed by atoms with Crippen molar-refractivity contribution in [3.63, 3.8) is 0 Å². The summed E-state index contributed by atoms with van der Waals surface area (Å²) in [7, 11) is 2.40. The van der Waals surface area contributed by atoms with Gasteiger partial charge in [0.15, 0.2) is 5.54 Å². The third-order valence-corrected chi connectivity index (χ3v) is 3.74. The van der Waals surface area contributed by atoms with Crippen LogP contribution in [0.15, 0.2) is 0 Å². The molecule has 0 bridgehead atoms. The Morgan fingerprint density at radius 3 is 2.04 bits per heavy atom. The van der Waals surface area contributed by atoms with Crippen LogP contribution >= 0.6 is 0 Å². The zero-order valence-electron chi connectivity index (χ0n) is 16.3. The van der Waals surface area contributed by atoms with Crippen molar-refractivity contribution in [2.24, 2.45) is 5.41 Å². The van der Waals surface area contributed by atoms with Crippen LogP contribution in [0.4, 0.5) is 4.79 Å². The zero-order chi connectivity index (χ0) is 19.6. The Hall–Kier alpha value is -1.83. The van der Waals surface area contributed by atoms with Gasteiger partial charge in [-0.15, -0.1) is 0 Å². The quantitative estimate of drug-likeness (QED) is 0.563. The van der Waals surface area contributed by atoms with Crippen LogP contribution in [0.3, 0.4) is 0 Å². The third-order valence-electron chi connectivity index (χ3n) is 3.74. The minimum atomic E-state index is -1.64. The van der Waals surface area contributed by atoms with Crippen LogP contribution in [0.1, 0.15) is 48.0 Å². The van der Waals surface area contributed by atoms with E-state index in [-0.39, 0.29) is 13.0 Å². The molecule has 0 radical (unpaired) electrons. The van der Waals surface area contributed by atoms with Gasteiger partial charge in [-0.25, -0.2) is 9.59 Å². The van der Waals surface area contributed by atoms with Crippen LogP contribution in [0, 0.1) is 5.41 Å². The fraction of sp³-hybridized carbons (Fsp3) is 0.824. The predicted octanol–water partition coefficient (Wildman–Crippen LogP) is 2.10. The van der Waals surface area contributed by atoms with Gasteiger partial charge in [-0.05, 0) is 20.8 Å². The molecule has 8 heteroatoms. The lowest BCUT2D eigenvalue weighted by atomic mass is 9.89. The van der Waals surface area contributed by atoms with E-state index in [9.17, 15) is 14.4 Å². The Bertz CT molecular complexity index is 532. The molecule has 1 heterocycles. The number of amides is 1. The number of rotatable bonds is 3. The molecule has 1 amide bonds. The van der Waals surface area contributed by atoms with Crippen molar-refractivity contribution in [2.45, 2.75) is 65.3 Å². The lowest BCUT2D eigenvalue weighted by Crippen LogP contribution is -2.61. The van der Waals surface area contributed by atoms with Gasteiger partial charge < -0.3 is 18.9 Å². The second-order valence-electron chi connectivity index (χ2n) is 8.16. The number of esters is 2. The molecule has 0 aromatic rings. The van der Waals surface area contributed by atoms with Gasteiger partial charge in [-0.2, -0.15) is 0 Å². The average molecular weight is 359 g/mol. The highest BCUT2D eigenvalue weighted by Crippen LogP contribution is 2.40. The fourth-order valence-corrected chi connectivity index (χ4v) is 2.67. The molecule has 0 N–H and O–H groups in total. The van der Waals surface area contributed by atoms with Crippen LogP contribution in [-0.4, -0.2) is 61.1 Å². The van der Waals surface area contributed by atoms with E-state index in [1.165, 1.54) is 19.1 Å². The van der Waals surface area contributed by atoms with Crippen LogP contribution in [-0.2, 0) is 28.5 Å². The molecule has 0 saturated carbocycles. The lowest BCUT2D eigenvalue weighted by molar-refractivity contribution is -0.160. The predicted molar refractivity (Wildman–Crippen MR) is 88.6 cm³/mol. The highest BCUT2D eigenvalue weighted by molar-refractivity contribution is 5.91. The number of hydrogen-bond acceptors (Lipinski definition) is 7. The molecule has 0 unspecified atom stereocenters. The van der Waals surface area contributed by atoms with E-state index < -0.39 is 40.8 Å². The summed E-state index contributed by atoms with van der Waals surface area (Å²) in [6.07, 6.45) is -1.91. The Labute approximate surface area is 148 Å². The minimum Gasteiger partial charge on any atom is -0.469 e. The highest BCUT2D eigenvalue weighted by atomic mass is 16.6. The molecular formula is C17H29NO7. The number of carbonyl (C=O) groups excluding carboxylic acids is 3. The molecule has 0 aromatic heterocycles. The summed E-state index contributed by atoms with van der Waals surface area (Å²) in [5.74, 6) is -1.41. The second-order valence-corrected chi connectivity index (χ2v) is 8.16. The SMILES string of the molecule is COC(=O)C[C@@]1(C(=O)OC)CO[C@H](C(C)(C)C)N1C(=O)OC(C)(C)C. The molecule has 1 rings (SSSR count). The molecule has 25 heavy (non-hydrogen) atoms. The van der Waals surface area contributed by atoms with Gasteiger partial charge in [0.05, 0.1) is 27.2 Å². The average Bonchev–Trinajstić information content (AvgIpc) is 2.85. The first-order valence-corrected chi connectivity index (χ1v) is 8.07. The second kappa shape index (κ2) is 7.19. The van der Waals surface area contributed by atoms with Gasteiger partial charge in [-0.3, -0.25) is 9.69 Å². The van der Waals surface area contributed by atoms with Crippen LogP contribution in [0.25, 0.3) is 0 Å². The molecule has 0 aromatic carbocycles. The van der Waals surface area contributed by atoms with Crippen molar-refractivity contribution in [2.75, 3.05) is 20.8 Å². The van der Waals surface area contributed by atoms with Crippen molar-refractivity contribution in [3.05, 3.63) is 0 Å². The molecule has 1 saturated heterocycles. The number of carbonyl (C=O) groups is 3. The van der Waals surface area contributed by atoms with E-state index in [1.807, 2.05) is 20.8 Å². The van der Waals surface area contributed by atoms with Crippen molar-refractivity contribution in [3.8, 4) is 0 Å². The van der Waals surface area contributed by atoms with Gasteiger partial charge in [0.25, 0.3) is 0 Å². The zero-order valence-corrected chi connectivity index (χ0v) is 16.3. The fourth-order valence-electron chi connectivity index (χ4n) is 2.67. The van der Waals surface area contributed by atoms with Gasteiger partial charge >= 0.3 is 18.0 Å². The molecule has 1 aliphatic heterocycles. The van der Waals surface area contributed by atoms with E-state index in [0.717, 1.165) is 0 Å². The first-order chi connectivity index (χ1) is 11.3. The normalized spacial score (nSPS) is 24.0. The Morgan fingerprint density at radius 1 is 1.08 bits per heavy atom. The number of hydrogen-bond donors (Lipinski definition) is 0. The maximum Gasteiger partial charge on any atom is 0.413 e.